The highest BCUT2D eigenvalue weighted by atomic mass is 32.1. The lowest BCUT2D eigenvalue weighted by molar-refractivity contribution is 0.589. The molecule has 0 fully saturated rings. The van der Waals surface area contributed by atoms with Gasteiger partial charge in [-0.3, -0.25) is 0 Å². The minimum absolute atomic E-state index is 0.00205. The zero-order valence-corrected chi connectivity index (χ0v) is 41.4. The van der Waals surface area contributed by atoms with Gasteiger partial charge in [0.05, 0.1) is 23.3 Å². The SMILES string of the molecule is Cc1cc2c3c(c1)N(c1c(C)cc(C(C)(C)C)cc1C)c1c(sc4ccc(C(C)(C)C)cc14)B3c1ccc(-c3coc4ccccc34)cc1N2c1ccc(C(C)(C)C)cc1-c1ccccc1. The Balaban J connectivity index is 1.27. The van der Waals surface area contributed by atoms with Crippen LogP contribution < -0.4 is 25.5 Å². The number of furan rings is 1. The van der Waals surface area contributed by atoms with E-state index in [2.05, 4.69) is 226 Å². The second-order valence-corrected chi connectivity index (χ2v) is 23.2. The smallest absolute Gasteiger partial charge is 0.264 e. The van der Waals surface area contributed by atoms with E-state index in [1.807, 2.05) is 17.6 Å². The number of nitrogens with zero attached hydrogens (tertiary/aromatic N) is 2. The summed E-state index contributed by atoms with van der Waals surface area (Å²) in [5.41, 5.74) is 23.5. The third-order valence-electron chi connectivity index (χ3n) is 14.2. The molecule has 0 saturated heterocycles. The fourth-order valence-corrected chi connectivity index (χ4v) is 12.0. The van der Waals surface area contributed by atoms with Crippen molar-refractivity contribution in [1.82, 2.24) is 0 Å². The van der Waals surface area contributed by atoms with E-state index < -0.39 is 0 Å². The summed E-state index contributed by atoms with van der Waals surface area (Å²) in [6.07, 6.45) is 1.94. The zero-order chi connectivity index (χ0) is 46.2. The number of anilines is 6. The standard InChI is InChI=1S/C61H59BN2OS/c1-36-28-51-55-52(29-36)64(56-37(2)30-43(31-38(56)3)61(10,11)12)57-46-34-42(60(7,8)9)24-27-54(46)66-58(57)62(55)48-25-22-40(47-35-65-53-21-17-16-20-44(47)53)32-50(48)63(51)49-26-23-41(59(4,5)6)33-45(49)39-18-14-13-15-19-39/h13-35H,1-12H3. The van der Waals surface area contributed by atoms with Gasteiger partial charge in [0, 0.05) is 48.4 Å². The fourth-order valence-electron chi connectivity index (χ4n) is 10.7. The molecule has 7 aromatic carbocycles. The summed E-state index contributed by atoms with van der Waals surface area (Å²) < 4.78 is 8.92. The van der Waals surface area contributed by atoms with Crippen LogP contribution in [0.1, 0.15) is 95.7 Å². The Kier molecular flexibility index (Phi) is 9.53. The highest BCUT2D eigenvalue weighted by Crippen LogP contribution is 2.52. The molecule has 2 aliphatic heterocycles. The molecule has 5 heteroatoms. The van der Waals surface area contributed by atoms with Gasteiger partial charge in [-0.15, -0.1) is 11.3 Å². The molecule has 2 aromatic heterocycles. The highest BCUT2D eigenvalue weighted by Gasteiger charge is 2.46. The second-order valence-electron chi connectivity index (χ2n) is 22.1. The summed E-state index contributed by atoms with van der Waals surface area (Å²) in [4.78, 5) is 5.28. The van der Waals surface area contributed by atoms with Crippen molar-refractivity contribution in [2.75, 3.05) is 9.80 Å². The van der Waals surface area contributed by atoms with E-state index in [0.29, 0.717) is 0 Å². The number of hydrogen-bond acceptors (Lipinski definition) is 4. The summed E-state index contributed by atoms with van der Waals surface area (Å²) in [6, 6.07) is 50.9. The summed E-state index contributed by atoms with van der Waals surface area (Å²) in [7, 11) is 0. The maximum atomic E-state index is 6.22. The van der Waals surface area contributed by atoms with Crippen LogP contribution in [0.15, 0.2) is 144 Å². The van der Waals surface area contributed by atoms with E-state index >= 15 is 0 Å². The van der Waals surface area contributed by atoms with Gasteiger partial charge in [-0.1, -0.05) is 147 Å². The molecule has 4 heterocycles. The summed E-state index contributed by atoms with van der Waals surface area (Å²) in [5.74, 6) is 0. The normalized spacial score (nSPS) is 13.7. The number of hydrogen-bond donors (Lipinski definition) is 0. The van der Waals surface area contributed by atoms with Crippen LogP contribution in [0.4, 0.5) is 34.1 Å². The molecular weight excluding hydrogens is 820 g/mol. The van der Waals surface area contributed by atoms with Crippen LogP contribution in [-0.4, -0.2) is 6.71 Å². The van der Waals surface area contributed by atoms with E-state index in [1.54, 1.807) is 0 Å². The molecule has 0 radical (unpaired) electrons. The molecule has 0 unspecified atom stereocenters. The monoisotopic (exact) mass is 878 g/mol. The Hall–Kier alpha value is -6.30. The van der Waals surface area contributed by atoms with Gasteiger partial charge in [0.25, 0.3) is 6.71 Å². The van der Waals surface area contributed by atoms with Gasteiger partial charge in [0.2, 0.25) is 0 Å². The number of fused-ring (bicyclic) bond motifs is 7. The largest absolute Gasteiger partial charge is 0.464 e. The van der Waals surface area contributed by atoms with Crippen molar-refractivity contribution in [3.63, 3.8) is 0 Å². The average molecular weight is 879 g/mol. The van der Waals surface area contributed by atoms with E-state index in [9.17, 15) is 0 Å². The van der Waals surface area contributed by atoms with E-state index in [-0.39, 0.29) is 23.0 Å². The van der Waals surface area contributed by atoms with Crippen molar-refractivity contribution >= 4 is 88.9 Å². The minimum atomic E-state index is -0.0336. The molecule has 66 heavy (non-hydrogen) atoms. The lowest BCUT2D eigenvalue weighted by Gasteiger charge is -2.44. The van der Waals surface area contributed by atoms with Crippen LogP contribution in [-0.2, 0) is 16.2 Å². The van der Waals surface area contributed by atoms with Gasteiger partial charge in [0.15, 0.2) is 0 Å². The molecule has 0 aliphatic carbocycles. The maximum Gasteiger partial charge on any atom is 0.264 e. The second kappa shape index (κ2) is 14.9. The predicted molar refractivity (Wildman–Crippen MR) is 287 cm³/mol. The molecule has 9 aromatic rings. The van der Waals surface area contributed by atoms with Gasteiger partial charge in [-0.25, -0.2) is 0 Å². The molecular formula is C61H59BN2OS. The van der Waals surface area contributed by atoms with Crippen LogP contribution in [0.5, 0.6) is 0 Å². The lowest BCUT2D eigenvalue weighted by Crippen LogP contribution is -2.60. The molecule has 0 spiro atoms. The quantitative estimate of drug-likeness (QED) is 0.164. The summed E-state index contributed by atoms with van der Waals surface area (Å²) in [5, 5.41) is 2.44. The van der Waals surface area contributed by atoms with E-state index in [1.165, 1.54) is 104 Å². The zero-order valence-electron chi connectivity index (χ0n) is 40.6. The molecule has 3 nitrogen and oxygen atoms in total. The van der Waals surface area contributed by atoms with E-state index in [0.717, 1.165) is 22.1 Å². The number of thiophene rings is 1. The molecule has 0 atom stereocenters. The number of rotatable bonds is 4. The van der Waals surface area contributed by atoms with Crippen molar-refractivity contribution in [2.45, 2.75) is 99.3 Å². The maximum absolute atomic E-state index is 6.22. The van der Waals surface area contributed by atoms with Crippen LogP contribution >= 0.6 is 11.3 Å². The molecule has 0 saturated carbocycles. The molecule has 0 amide bonds. The summed E-state index contributed by atoms with van der Waals surface area (Å²) in [6.45, 7) is 27.9. The molecule has 2 aliphatic rings. The van der Waals surface area contributed by atoms with Crippen LogP contribution in [0.3, 0.4) is 0 Å². The van der Waals surface area contributed by atoms with Gasteiger partial charge in [-0.05, 0) is 141 Å². The van der Waals surface area contributed by atoms with Gasteiger partial charge in [0.1, 0.15) is 5.58 Å². The Morgan fingerprint density at radius 3 is 1.82 bits per heavy atom. The highest BCUT2D eigenvalue weighted by molar-refractivity contribution is 7.33. The van der Waals surface area contributed by atoms with Crippen molar-refractivity contribution in [1.29, 1.82) is 0 Å². The topological polar surface area (TPSA) is 19.6 Å². The lowest BCUT2D eigenvalue weighted by atomic mass is 9.36. The first-order chi connectivity index (χ1) is 31.4. The Morgan fingerprint density at radius 2 is 1.12 bits per heavy atom. The van der Waals surface area contributed by atoms with Crippen LogP contribution in [0.2, 0.25) is 0 Å². The molecule has 0 N–H and O–H groups in total. The van der Waals surface area contributed by atoms with Gasteiger partial charge in [-0.2, -0.15) is 0 Å². The van der Waals surface area contributed by atoms with Crippen LogP contribution in [0, 0.1) is 20.8 Å². The molecule has 328 valence electrons. The third kappa shape index (κ3) is 6.68. The van der Waals surface area contributed by atoms with Crippen molar-refractivity contribution in [3.8, 4) is 22.3 Å². The number of benzene rings is 7. The summed E-state index contributed by atoms with van der Waals surface area (Å²) >= 11 is 1.97. The fraction of sp³-hybridized carbons (Fsp3) is 0.246. The Morgan fingerprint density at radius 1 is 0.485 bits per heavy atom. The van der Waals surface area contributed by atoms with Crippen molar-refractivity contribution in [3.05, 3.63) is 173 Å². The first kappa shape index (κ1) is 42.3. The van der Waals surface area contributed by atoms with Crippen molar-refractivity contribution in [2.24, 2.45) is 0 Å². The Bertz CT molecular complexity index is 3400. The number of para-hydroxylation sites is 1. The first-order valence-electron chi connectivity index (χ1n) is 23.6. The third-order valence-corrected chi connectivity index (χ3v) is 15.5. The van der Waals surface area contributed by atoms with Gasteiger partial charge < -0.3 is 14.2 Å². The number of aryl methyl sites for hydroxylation is 3. The predicted octanol–water partition coefficient (Wildman–Crippen LogP) is 15.9. The van der Waals surface area contributed by atoms with Gasteiger partial charge >= 0.3 is 0 Å². The first-order valence-corrected chi connectivity index (χ1v) is 24.4. The Labute approximate surface area is 395 Å². The molecule has 0 bridgehead atoms. The van der Waals surface area contributed by atoms with E-state index in [4.69, 9.17) is 4.42 Å². The average Bonchev–Trinajstić information content (AvgIpc) is 3.88. The molecule has 11 rings (SSSR count). The van der Waals surface area contributed by atoms with Crippen LogP contribution in [0.25, 0.3) is 43.3 Å². The minimum Gasteiger partial charge on any atom is -0.464 e. The van der Waals surface area contributed by atoms with Crippen molar-refractivity contribution < 1.29 is 4.42 Å².